The number of esters is 1. The van der Waals surface area contributed by atoms with Crippen LogP contribution in [0.3, 0.4) is 0 Å². The van der Waals surface area contributed by atoms with Crippen LogP contribution >= 0.6 is 0 Å². The molecule has 1 aromatic carbocycles. The summed E-state index contributed by atoms with van der Waals surface area (Å²) in [5, 5.41) is 3.00. The summed E-state index contributed by atoms with van der Waals surface area (Å²) in [6.07, 6.45) is 0.978. The maximum atomic E-state index is 11.7. The summed E-state index contributed by atoms with van der Waals surface area (Å²) in [6.45, 7) is 1.93. The van der Waals surface area contributed by atoms with Crippen molar-refractivity contribution in [3.63, 3.8) is 0 Å². The van der Waals surface area contributed by atoms with Crippen LogP contribution in [-0.4, -0.2) is 32.8 Å². The first-order chi connectivity index (χ1) is 8.29. The maximum absolute atomic E-state index is 11.7. The van der Waals surface area contributed by atoms with Crippen molar-refractivity contribution in [1.82, 2.24) is 0 Å². The SMILES string of the molecule is CNc1ccc(C(=O)OCC2CCOC2)cc1. The highest BCUT2D eigenvalue weighted by molar-refractivity contribution is 5.89. The van der Waals surface area contributed by atoms with E-state index >= 15 is 0 Å². The summed E-state index contributed by atoms with van der Waals surface area (Å²) >= 11 is 0. The molecule has 4 nitrogen and oxygen atoms in total. The van der Waals surface area contributed by atoms with E-state index in [9.17, 15) is 4.79 Å². The Kier molecular flexibility index (Phi) is 3.98. The summed E-state index contributed by atoms with van der Waals surface area (Å²) in [5.41, 5.74) is 1.56. The molecular weight excluding hydrogens is 218 g/mol. The Morgan fingerprint density at radius 1 is 1.47 bits per heavy atom. The maximum Gasteiger partial charge on any atom is 0.338 e. The first-order valence-corrected chi connectivity index (χ1v) is 5.82. The summed E-state index contributed by atoms with van der Waals surface area (Å²) in [7, 11) is 1.84. The molecule has 0 aromatic heterocycles. The smallest absolute Gasteiger partial charge is 0.338 e. The van der Waals surface area contributed by atoms with Gasteiger partial charge in [-0.3, -0.25) is 0 Å². The molecule has 0 amide bonds. The third-order valence-electron chi connectivity index (χ3n) is 2.88. The molecule has 1 unspecified atom stereocenters. The molecule has 2 rings (SSSR count). The lowest BCUT2D eigenvalue weighted by atomic mass is 10.1. The Labute approximate surface area is 101 Å². The first-order valence-electron chi connectivity index (χ1n) is 5.82. The van der Waals surface area contributed by atoms with Crippen LogP contribution < -0.4 is 5.32 Å². The lowest BCUT2D eigenvalue weighted by molar-refractivity contribution is 0.0428. The molecule has 1 N–H and O–H groups in total. The minimum absolute atomic E-state index is 0.264. The van der Waals surface area contributed by atoms with E-state index in [-0.39, 0.29) is 5.97 Å². The van der Waals surface area contributed by atoms with Crippen LogP contribution in [0.25, 0.3) is 0 Å². The zero-order valence-corrected chi connectivity index (χ0v) is 9.94. The van der Waals surface area contributed by atoms with Crippen LogP contribution in [0.15, 0.2) is 24.3 Å². The number of hydrogen-bond acceptors (Lipinski definition) is 4. The minimum Gasteiger partial charge on any atom is -0.462 e. The van der Waals surface area contributed by atoms with Crippen molar-refractivity contribution < 1.29 is 14.3 Å². The van der Waals surface area contributed by atoms with Gasteiger partial charge in [0.1, 0.15) is 0 Å². The zero-order chi connectivity index (χ0) is 12.1. The van der Waals surface area contributed by atoms with Gasteiger partial charge in [0.15, 0.2) is 0 Å². The number of hydrogen-bond donors (Lipinski definition) is 1. The van der Waals surface area contributed by atoms with Crippen molar-refractivity contribution in [3.05, 3.63) is 29.8 Å². The van der Waals surface area contributed by atoms with Gasteiger partial charge >= 0.3 is 5.97 Å². The van der Waals surface area contributed by atoms with E-state index in [1.165, 1.54) is 0 Å². The summed E-state index contributed by atoms with van der Waals surface area (Å²) in [6, 6.07) is 7.24. The molecule has 17 heavy (non-hydrogen) atoms. The quantitative estimate of drug-likeness (QED) is 0.810. The van der Waals surface area contributed by atoms with Crippen LogP contribution in [0, 0.1) is 5.92 Å². The third-order valence-corrected chi connectivity index (χ3v) is 2.88. The molecular formula is C13H17NO3. The second-order valence-corrected chi connectivity index (χ2v) is 4.16. The average Bonchev–Trinajstić information content (AvgIpc) is 2.89. The Balaban J connectivity index is 1.85. The van der Waals surface area contributed by atoms with E-state index in [4.69, 9.17) is 9.47 Å². The molecule has 0 bridgehead atoms. The van der Waals surface area contributed by atoms with Crippen molar-refractivity contribution in [2.45, 2.75) is 6.42 Å². The Hall–Kier alpha value is -1.55. The van der Waals surface area contributed by atoms with Crippen molar-refractivity contribution in [3.8, 4) is 0 Å². The Morgan fingerprint density at radius 3 is 2.82 bits per heavy atom. The van der Waals surface area contributed by atoms with E-state index in [0.29, 0.717) is 24.7 Å². The minimum atomic E-state index is -0.264. The third kappa shape index (κ3) is 3.20. The molecule has 1 heterocycles. The largest absolute Gasteiger partial charge is 0.462 e. The van der Waals surface area contributed by atoms with E-state index in [1.807, 2.05) is 19.2 Å². The molecule has 1 atom stereocenters. The van der Waals surface area contributed by atoms with Crippen LogP contribution in [0.1, 0.15) is 16.8 Å². The molecule has 1 aliphatic heterocycles. The van der Waals surface area contributed by atoms with Gasteiger partial charge in [-0.2, -0.15) is 0 Å². The molecule has 0 radical (unpaired) electrons. The van der Waals surface area contributed by atoms with Crippen molar-refractivity contribution in [2.24, 2.45) is 5.92 Å². The van der Waals surface area contributed by atoms with Gasteiger partial charge in [0.25, 0.3) is 0 Å². The standard InChI is InChI=1S/C13H17NO3/c1-14-12-4-2-11(3-5-12)13(15)17-9-10-6-7-16-8-10/h2-5,10,14H,6-9H2,1H3. The topological polar surface area (TPSA) is 47.6 Å². The van der Waals surface area contributed by atoms with Crippen LogP contribution in [0.2, 0.25) is 0 Å². The second kappa shape index (κ2) is 5.68. The van der Waals surface area contributed by atoms with Gasteiger partial charge in [-0.05, 0) is 30.7 Å². The molecule has 1 aromatic rings. The van der Waals surface area contributed by atoms with E-state index < -0.39 is 0 Å². The fraction of sp³-hybridized carbons (Fsp3) is 0.462. The van der Waals surface area contributed by atoms with E-state index in [2.05, 4.69) is 5.32 Å². The highest BCUT2D eigenvalue weighted by Gasteiger charge is 2.18. The van der Waals surface area contributed by atoms with Gasteiger partial charge in [-0.1, -0.05) is 0 Å². The summed E-state index contributed by atoms with van der Waals surface area (Å²) in [5.74, 6) is 0.0927. The number of carbonyl (C=O) groups excluding carboxylic acids is 1. The number of benzene rings is 1. The molecule has 1 aliphatic rings. The van der Waals surface area contributed by atoms with Crippen LogP contribution in [0.4, 0.5) is 5.69 Å². The molecule has 1 fully saturated rings. The van der Waals surface area contributed by atoms with Gasteiger partial charge in [-0.25, -0.2) is 4.79 Å². The van der Waals surface area contributed by atoms with Crippen LogP contribution in [-0.2, 0) is 9.47 Å². The molecule has 0 saturated carbocycles. The van der Waals surface area contributed by atoms with Crippen molar-refractivity contribution >= 4 is 11.7 Å². The predicted molar refractivity (Wildman–Crippen MR) is 65.2 cm³/mol. The highest BCUT2D eigenvalue weighted by atomic mass is 16.5. The van der Waals surface area contributed by atoms with Gasteiger partial charge in [-0.15, -0.1) is 0 Å². The van der Waals surface area contributed by atoms with Gasteiger partial charge in [0.2, 0.25) is 0 Å². The lowest BCUT2D eigenvalue weighted by Gasteiger charge is -2.09. The van der Waals surface area contributed by atoms with Crippen molar-refractivity contribution in [1.29, 1.82) is 0 Å². The molecule has 92 valence electrons. The number of anilines is 1. The van der Waals surface area contributed by atoms with Gasteiger partial charge in [0.05, 0.1) is 18.8 Å². The summed E-state index contributed by atoms with van der Waals surface area (Å²) < 4.78 is 10.5. The number of nitrogens with one attached hydrogen (secondary N) is 1. The van der Waals surface area contributed by atoms with Crippen molar-refractivity contribution in [2.75, 3.05) is 32.2 Å². The molecule has 1 saturated heterocycles. The molecule has 0 aliphatic carbocycles. The lowest BCUT2D eigenvalue weighted by Crippen LogP contribution is -2.14. The normalized spacial score (nSPS) is 19.0. The van der Waals surface area contributed by atoms with Crippen LogP contribution in [0.5, 0.6) is 0 Å². The highest BCUT2D eigenvalue weighted by Crippen LogP contribution is 2.14. The number of carbonyl (C=O) groups is 1. The van der Waals surface area contributed by atoms with E-state index in [0.717, 1.165) is 18.7 Å². The summed E-state index contributed by atoms with van der Waals surface area (Å²) in [4.78, 5) is 11.7. The average molecular weight is 235 g/mol. The Morgan fingerprint density at radius 2 is 2.24 bits per heavy atom. The fourth-order valence-electron chi connectivity index (χ4n) is 1.76. The van der Waals surface area contributed by atoms with E-state index in [1.54, 1.807) is 12.1 Å². The monoisotopic (exact) mass is 235 g/mol. The number of rotatable bonds is 4. The first kappa shape index (κ1) is 11.9. The zero-order valence-electron chi connectivity index (χ0n) is 9.94. The fourth-order valence-corrected chi connectivity index (χ4v) is 1.76. The number of ether oxygens (including phenoxy) is 2. The second-order valence-electron chi connectivity index (χ2n) is 4.16. The Bertz CT molecular complexity index is 369. The molecule has 4 heteroatoms. The van der Waals surface area contributed by atoms with Gasteiger partial charge < -0.3 is 14.8 Å². The predicted octanol–water partition coefficient (Wildman–Crippen LogP) is 1.92. The molecule has 0 spiro atoms. The van der Waals surface area contributed by atoms with Gasteiger partial charge in [0, 0.05) is 25.3 Å².